The number of aryl methyl sites for hydroxylation is 1. The van der Waals surface area contributed by atoms with Gasteiger partial charge in [0.2, 0.25) is 11.7 Å². The van der Waals surface area contributed by atoms with E-state index in [1.807, 2.05) is 24.3 Å². The second kappa shape index (κ2) is 10.2. The van der Waals surface area contributed by atoms with E-state index in [-0.39, 0.29) is 35.7 Å². The normalized spacial score (nSPS) is 10.7. The Labute approximate surface area is 184 Å². The molecule has 0 unspecified atom stereocenters. The van der Waals surface area contributed by atoms with Crippen molar-refractivity contribution in [3.05, 3.63) is 70.3 Å². The lowest BCUT2D eigenvalue weighted by atomic mass is 10.1. The number of rotatable bonds is 8. The van der Waals surface area contributed by atoms with E-state index in [2.05, 4.69) is 22.3 Å². The zero-order valence-corrected chi connectivity index (χ0v) is 17.9. The van der Waals surface area contributed by atoms with Gasteiger partial charge in [0.25, 0.3) is 0 Å². The number of hydrogen-bond donors (Lipinski definition) is 1. The van der Waals surface area contributed by atoms with E-state index in [1.165, 1.54) is 17.7 Å². The predicted molar refractivity (Wildman–Crippen MR) is 114 cm³/mol. The van der Waals surface area contributed by atoms with E-state index >= 15 is 0 Å². The Morgan fingerprint density at radius 1 is 1.16 bits per heavy atom. The molecule has 2 aromatic carbocycles. The van der Waals surface area contributed by atoms with Crippen LogP contribution in [-0.4, -0.2) is 33.2 Å². The third-order valence-electron chi connectivity index (χ3n) is 4.49. The number of nitrogens with one attached hydrogen (secondary N) is 1. The monoisotopic (exact) mass is 444 g/mol. The lowest BCUT2D eigenvalue weighted by Gasteiger charge is -2.08. The van der Waals surface area contributed by atoms with Crippen LogP contribution in [0.15, 0.2) is 42.5 Å². The molecule has 0 bridgehead atoms. The number of ether oxygens (including phenoxy) is 1. The summed E-state index contributed by atoms with van der Waals surface area (Å²) in [5, 5.41) is 6.98. The Hall–Kier alpha value is -3.26. The molecule has 0 spiro atoms. The molecule has 0 saturated heterocycles. The van der Waals surface area contributed by atoms with Gasteiger partial charge in [-0.05, 0) is 42.7 Å². The highest BCUT2D eigenvalue weighted by Crippen LogP contribution is 2.22. The second-order valence-electron chi connectivity index (χ2n) is 6.72. The van der Waals surface area contributed by atoms with Crippen molar-refractivity contribution in [3.8, 4) is 11.4 Å². The molecule has 3 aromatic rings. The molecule has 0 fully saturated rings. The summed E-state index contributed by atoms with van der Waals surface area (Å²) in [6, 6.07) is 12.0. The van der Waals surface area contributed by atoms with Crippen molar-refractivity contribution >= 4 is 23.5 Å². The Morgan fingerprint density at radius 3 is 2.65 bits per heavy atom. The van der Waals surface area contributed by atoms with Gasteiger partial charge < -0.3 is 10.1 Å². The Kier molecular flexibility index (Phi) is 7.36. The SMILES string of the molecule is CCOC(=O)c1nc(-c2ccc(Cl)c(F)c2)nn1CC(=O)NCc1cccc(CC)c1. The average molecular weight is 445 g/mol. The fraction of sp³-hybridized carbons (Fsp3) is 0.273. The molecule has 0 aliphatic carbocycles. The minimum Gasteiger partial charge on any atom is -0.460 e. The van der Waals surface area contributed by atoms with E-state index in [4.69, 9.17) is 16.3 Å². The number of carbonyl (C=O) groups is 2. The van der Waals surface area contributed by atoms with Crippen molar-refractivity contribution in [1.82, 2.24) is 20.1 Å². The smallest absolute Gasteiger partial charge is 0.376 e. The van der Waals surface area contributed by atoms with Crippen LogP contribution in [0.2, 0.25) is 5.02 Å². The van der Waals surface area contributed by atoms with E-state index in [1.54, 1.807) is 6.92 Å². The molecule has 1 amide bonds. The van der Waals surface area contributed by atoms with Crippen molar-refractivity contribution < 1.29 is 18.7 Å². The summed E-state index contributed by atoms with van der Waals surface area (Å²) in [5.41, 5.74) is 2.46. The Morgan fingerprint density at radius 2 is 1.94 bits per heavy atom. The van der Waals surface area contributed by atoms with Crippen LogP contribution in [0, 0.1) is 5.82 Å². The molecule has 0 atom stereocenters. The molecule has 0 aliphatic rings. The van der Waals surface area contributed by atoms with Gasteiger partial charge in [0.05, 0.1) is 11.6 Å². The largest absolute Gasteiger partial charge is 0.460 e. The maximum absolute atomic E-state index is 13.8. The van der Waals surface area contributed by atoms with Gasteiger partial charge in [-0.1, -0.05) is 42.8 Å². The van der Waals surface area contributed by atoms with Crippen molar-refractivity contribution in [2.45, 2.75) is 33.4 Å². The van der Waals surface area contributed by atoms with Gasteiger partial charge in [-0.25, -0.2) is 18.9 Å². The first-order chi connectivity index (χ1) is 14.9. The van der Waals surface area contributed by atoms with Crippen molar-refractivity contribution in [2.24, 2.45) is 0 Å². The standard InChI is InChI=1S/C22H22ClFN4O3/c1-3-14-6-5-7-15(10-14)12-25-19(29)13-28-21(22(30)31-4-2)26-20(27-28)16-8-9-17(23)18(24)11-16/h5-11H,3-4,12-13H2,1-2H3,(H,25,29). The van der Waals surface area contributed by atoms with Crippen LogP contribution in [0.4, 0.5) is 4.39 Å². The van der Waals surface area contributed by atoms with Crippen LogP contribution in [-0.2, 0) is 29.0 Å². The number of esters is 1. The molecule has 3 rings (SSSR count). The number of benzene rings is 2. The van der Waals surface area contributed by atoms with E-state index in [9.17, 15) is 14.0 Å². The van der Waals surface area contributed by atoms with E-state index < -0.39 is 11.8 Å². The zero-order valence-electron chi connectivity index (χ0n) is 17.2. The first kappa shape index (κ1) is 22.4. The number of aromatic nitrogens is 3. The minimum absolute atomic E-state index is 0.0414. The first-order valence-electron chi connectivity index (χ1n) is 9.83. The first-order valence-corrected chi connectivity index (χ1v) is 10.2. The molecule has 1 aromatic heterocycles. The molecule has 9 heteroatoms. The lowest BCUT2D eigenvalue weighted by Crippen LogP contribution is -2.29. The lowest BCUT2D eigenvalue weighted by molar-refractivity contribution is -0.122. The molecule has 1 heterocycles. The fourth-order valence-corrected chi connectivity index (χ4v) is 3.03. The van der Waals surface area contributed by atoms with Crippen molar-refractivity contribution in [3.63, 3.8) is 0 Å². The number of nitrogens with zero attached hydrogens (tertiary/aromatic N) is 3. The highest BCUT2D eigenvalue weighted by molar-refractivity contribution is 6.30. The van der Waals surface area contributed by atoms with Crippen molar-refractivity contribution in [1.29, 1.82) is 0 Å². The maximum Gasteiger partial charge on any atom is 0.376 e. The van der Waals surface area contributed by atoms with Gasteiger partial charge >= 0.3 is 5.97 Å². The third-order valence-corrected chi connectivity index (χ3v) is 4.80. The molecular formula is C22H22ClFN4O3. The predicted octanol–water partition coefficient (Wildman–Crippen LogP) is 3.79. The molecule has 0 aliphatic heterocycles. The highest BCUT2D eigenvalue weighted by Gasteiger charge is 2.21. The zero-order chi connectivity index (χ0) is 22.4. The topological polar surface area (TPSA) is 86.1 Å². The third kappa shape index (κ3) is 5.67. The molecular weight excluding hydrogens is 423 g/mol. The van der Waals surface area contributed by atoms with Gasteiger partial charge in [0.1, 0.15) is 12.4 Å². The molecule has 1 N–H and O–H groups in total. The van der Waals surface area contributed by atoms with Crippen LogP contribution < -0.4 is 5.32 Å². The average Bonchev–Trinajstić information content (AvgIpc) is 3.18. The van der Waals surface area contributed by atoms with Crippen LogP contribution in [0.1, 0.15) is 35.6 Å². The van der Waals surface area contributed by atoms with Crippen LogP contribution in [0.5, 0.6) is 0 Å². The summed E-state index contributed by atoms with van der Waals surface area (Å²) in [7, 11) is 0. The Bertz CT molecular complexity index is 1100. The fourth-order valence-electron chi connectivity index (χ4n) is 2.91. The molecule has 0 radical (unpaired) electrons. The summed E-state index contributed by atoms with van der Waals surface area (Å²) < 4.78 is 20.0. The maximum atomic E-state index is 13.8. The molecule has 0 saturated carbocycles. The second-order valence-corrected chi connectivity index (χ2v) is 7.12. The quantitative estimate of drug-likeness (QED) is 0.534. The highest BCUT2D eigenvalue weighted by atomic mass is 35.5. The number of halogens is 2. The molecule has 162 valence electrons. The van der Waals surface area contributed by atoms with Gasteiger partial charge in [-0.3, -0.25) is 4.79 Å². The van der Waals surface area contributed by atoms with Crippen LogP contribution >= 0.6 is 11.6 Å². The van der Waals surface area contributed by atoms with E-state index in [0.29, 0.717) is 12.1 Å². The van der Waals surface area contributed by atoms with Gasteiger partial charge in [0, 0.05) is 12.1 Å². The summed E-state index contributed by atoms with van der Waals surface area (Å²) in [5.74, 6) is -1.78. The van der Waals surface area contributed by atoms with Gasteiger partial charge in [-0.2, -0.15) is 0 Å². The van der Waals surface area contributed by atoms with Gasteiger partial charge in [0.15, 0.2) is 5.82 Å². The summed E-state index contributed by atoms with van der Waals surface area (Å²) in [4.78, 5) is 28.9. The summed E-state index contributed by atoms with van der Waals surface area (Å²) in [6.07, 6.45) is 0.901. The number of hydrogen-bond acceptors (Lipinski definition) is 5. The minimum atomic E-state index is -0.723. The molecule has 31 heavy (non-hydrogen) atoms. The summed E-state index contributed by atoms with van der Waals surface area (Å²) >= 11 is 5.72. The number of amides is 1. The summed E-state index contributed by atoms with van der Waals surface area (Å²) in [6.45, 7) is 3.95. The molecule has 7 nitrogen and oxygen atoms in total. The van der Waals surface area contributed by atoms with Crippen molar-refractivity contribution in [2.75, 3.05) is 6.61 Å². The van der Waals surface area contributed by atoms with Crippen LogP contribution in [0.25, 0.3) is 11.4 Å². The van der Waals surface area contributed by atoms with Crippen LogP contribution in [0.3, 0.4) is 0 Å². The van der Waals surface area contributed by atoms with Gasteiger partial charge in [-0.15, -0.1) is 5.10 Å². The number of carbonyl (C=O) groups excluding carboxylic acids is 2. The van der Waals surface area contributed by atoms with E-state index in [0.717, 1.165) is 22.7 Å². The Balaban J connectivity index is 1.79.